The fraction of sp³-hybridized carbons (Fsp3) is 0.538. The molecule has 0 aliphatic rings. The van der Waals surface area contributed by atoms with E-state index in [2.05, 4.69) is 43.1 Å². The summed E-state index contributed by atoms with van der Waals surface area (Å²) in [5, 5.41) is 0. The fourth-order valence-electron chi connectivity index (χ4n) is 1.56. The molecule has 0 aliphatic heterocycles. The second-order valence-electron chi connectivity index (χ2n) is 4.07. The minimum Gasteiger partial charge on any atom is -0.385 e. The van der Waals surface area contributed by atoms with Crippen molar-refractivity contribution in [1.29, 1.82) is 0 Å². The normalized spacial score (nSPS) is 10.9. The first-order valence-electron chi connectivity index (χ1n) is 5.45. The molecule has 84 valence electrons. The lowest BCUT2D eigenvalue weighted by molar-refractivity contribution is 0.178. The quantitative estimate of drug-likeness (QED) is 0.664. The Kier molecular flexibility index (Phi) is 5.37. The first-order chi connectivity index (χ1) is 7.22. The lowest BCUT2D eigenvalue weighted by atomic mass is 10.1. The number of benzene rings is 1. The summed E-state index contributed by atoms with van der Waals surface area (Å²) in [7, 11) is 3.90. The zero-order valence-electron chi connectivity index (χ0n) is 9.99. The van der Waals surface area contributed by atoms with Crippen molar-refractivity contribution in [3.63, 3.8) is 0 Å². The van der Waals surface area contributed by atoms with Gasteiger partial charge in [0, 0.05) is 26.8 Å². The van der Waals surface area contributed by atoms with E-state index in [0.717, 1.165) is 26.1 Å². The molecular formula is C13H21NO. The molecule has 0 aromatic heterocycles. The largest absolute Gasteiger partial charge is 0.385 e. The third-order valence-electron chi connectivity index (χ3n) is 2.46. The van der Waals surface area contributed by atoms with Gasteiger partial charge in [0.25, 0.3) is 0 Å². The van der Waals surface area contributed by atoms with E-state index in [9.17, 15) is 0 Å². The van der Waals surface area contributed by atoms with Gasteiger partial charge in [-0.15, -0.1) is 0 Å². The maximum atomic E-state index is 5.03. The van der Waals surface area contributed by atoms with Crippen LogP contribution >= 0.6 is 0 Å². The van der Waals surface area contributed by atoms with E-state index in [0.29, 0.717) is 0 Å². The van der Waals surface area contributed by atoms with E-state index < -0.39 is 0 Å². The Morgan fingerprint density at radius 1 is 1.20 bits per heavy atom. The summed E-state index contributed by atoms with van der Waals surface area (Å²) in [6.45, 7) is 5.07. The molecule has 0 heterocycles. The van der Waals surface area contributed by atoms with Crippen molar-refractivity contribution in [2.24, 2.45) is 0 Å². The van der Waals surface area contributed by atoms with Crippen molar-refractivity contribution >= 4 is 0 Å². The second kappa shape index (κ2) is 6.59. The summed E-state index contributed by atoms with van der Waals surface area (Å²) in [4.78, 5) is 2.32. The summed E-state index contributed by atoms with van der Waals surface area (Å²) in [5.41, 5.74) is 2.70. The summed E-state index contributed by atoms with van der Waals surface area (Å²) in [5.74, 6) is 0. The van der Waals surface area contributed by atoms with E-state index in [4.69, 9.17) is 4.74 Å². The predicted molar refractivity (Wildman–Crippen MR) is 64.0 cm³/mol. The average molecular weight is 207 g/mol. The van der Waals surface area contributed by atoms with Gasteiger partial charge >= 0.3 is 0 Å². The molecule has 0 amide bonds. The van der Waals surface area contributed by atoms with Gasteiger partial charge in [-0.25, -0.2) is 0 Å². The van der Waals surface area contributed by atoms with Gasteiger partial charge in [-0.2, -0.15) is 0 Å². The molecular weight excluding hydrogens is 186 g/mol. The molecule has 0 fully saturated rings. The molecule has 1 aromatic rings. The molecule has 0 spiro atoms. The van der Waals surface area contributed by atoms with E-state index in [1.54, 1.807) is 7.11 Å². The highest BCUT2D eigenvalue weighted by molar-refractivity contribution is 5.21. The van der Waals surface area contributed by atoms with E-state index in [1.165, 1.54) is 11.1 Å². The van der Waals surface area contributed by atoms with Crippen molar-refractivity contribution < 1.29 is 4.74 Å². The van der Waals surface area contributed by atoms with Crippen LogP contribution < -0.4 is 0 Å². The Labute approximate surface area is 92.9 Å². The van der Waals surface area contributed by atoms with Crippen molar-refractivity contribution in [3.8, 4) is 0 Å². The summed E-state index contributed by atoms with van der Waals surface area (Å²) >= 11 is 0. The summed E-state index contributed by atoms with van der Waals surface area (Å²) in [6.07, 6.45) is 1.10. The number of rotatable bonds is 6. The van der Waals surface area contributed by atoms with Crippen molar-refractivity contribution in [1.82, 2.24) is 4.90 Å². The van der Waals surface area contributed by atoms with Gasteiger partial charge in [0.15, 0.2) is 0 Å². The number of ether oxygens (including phenoxy) is 1. The van der Waals surface area contributed by atoms with E-state index in [-0.39, 0.29) is 0 Å². The van der Waals surface area contributed by atoms with Crippen molar-refractivity contribution in [3.05, 3.63) is 35.4 Å². The van der Waals surface area contributed by atoms with Crippen LogP contribution in [0.1, 0.15) is 17.5 Å². The Morgan fingerprint density at radius 2 is 1.87 bits per heavy atom. The third-order valence-corrected chi connectivity index (χ3v) is 2.46. The van der Waals surface area contributed by atoms with Crippen LogP contribution in [0.15, 0.2) is 24.3 Å². The SMILES string of the molecule is COCCCN(C)Cc1ccc(C)cc1. The van der Waals surface area contributed by atoms with Crippen LogP contribution in [0.25, 0.3) is 0 Å². The maximum absolute atomic E-state index is 5.03. The number of nitrogens with zero attached hydrogens (tertiary/aromatic N) is 1. The molecule has 0 saturated heterocycles. The van der Waals surface area contributed by atoms with Crippen LogP contribution in [0, 0.1) is 6.92 Å². The van der Waals surface area contributed by atoms with Crippen LogP contribution in [0.2, 0.25) is 0 Å². The molecule has 1 aromatic carbocycles. The molecule has 1 rings (SSSR count). The Balaban J connectivity index is 2.31. The standard InChI is InChI=1S/C13H21NO/c1-12-5-7-13(8-6-12)11-14(2)9-4-10-15-3/h5-8H,4,9-11H2,1-3H3. The topological polar surface area (TPSA) is 12.5 Å². The molecule has 15 heavy (non-hydrogen) atoms. The van der Waals surface area contributed by atoms with Crippen molar-refractivity contribution in [2.75, 3.05) is 27.3 Å². The first-order valence-corrected chi connectivity index (χ1v) is 5.45. The van der Waals surface area contributed by atoms with Crippen LogP contribution in [0.5, 0.6) is 0 Å². The van der Waals surface area contributed by atoms with Gasteiger partial charge in [-0.05, 0) is 26.0 Å². The number of hydrogen-bond acceptors (Lipinski definition) is 2. The average Bonchev–Trinajstić information content (AvgIpc) is 2.22. The van der Waals surface area contributed by atoms with E-state index in [1.807, 2.05) is 0 Å². The second-order valence-corrected chi connectivity index (χ2v) is 4.07. The molecule has 0 bridgehead atoms. The zero-order valence-corrected chi connectivity index (χ0v) is 9.99. The van der Waals surface area contributed by atoms with Crippen molar-refractivity contribution in [2.45, 2.75) is 19.9 Å². The molecule has 0 N–H and O–H groups in total. The lowest BCUT2D eigenvalue weighted by Crippen LogP contribution is -2.20. The third kappa shape index (κ3) is 4.96. The predicted octanol–water partition coefficient (Wildman–Crippen LogP) is 2.46. The van der Waals surface area contributed by atoms with Crippen LogP contribution in [-0.2, 0) is 11.3 Å². The highest BCUT2D eigenvalue weighted by Gasteiger charge is 1.99. The van der Waals surface area contributed by atoms with Crippen LogP contribution in [0.3, 0.4) is 0 Å². The number of methoxy groups -OCH3 is 1. The number of aryl methyl sites for hydroxylation is 1. The highest BCUT2D eigenvalue weighted by atomic mass is 16.5. The molecule has 0 aliphatic carbocycles. The monoisotopic (exact) mass is 207 g/mol. The summed E-state index contributed by atoms with van der Waals surface area (Å²) < 4.78 is 5.03. The van der Waals surface area contributed by atoms with Gasteiger partial charge in [0.1, 0.15) is 0 Å². The van der Waals surface area contributed by atoms with Gasteiger partial charge in [-0.3, -0.25) is 0 Å². The molecule has 2 nitrogen and oxygen atoms in total. The molecule has 0 unspecified atom stereocenters. The molecule has 0 saturated carbocycles. The Bertz CT molecular complexity index is 268. The van der Waals surface area contributed by atoms with Crippen LogP contribution in [0.4, 0.5) is 0 Å². The Morgan fingerprint density at radius 3 is 2.47 bits per heavy atom. The smallest absolute Gasteiger partial charge is 0.0474 e. The number of hydrogen-bond donors (Lipinski definition) is 0. The van der Waals surface area contributed by atoms with Gasteiger partial charge < -0.3 is 9.64 Å². The summed E-state index contributed by atoms with van der Waals surface area (Å²) in [6, 6.07) is 8.72. The fourth-order valence-corrected chi connectivity index (χ4v) is 1.56. The highest BCUT2D eigenvalue weighted by Crippen LogP contribution is 2.05. The Hall–Kier alpha value is -0.860. The lowest BCUT2D eigenvalue weighted by Gasteiger charge is -2.16. The molecule has 0 atom stereocenters. The maximum Gasteiger partial charge on any atom is 0.0474 e. The molecule has 2 heteroatoms. The van der Waals surface area contributed by atoms with Gasteiger partial charge in [0.2, 0.25) is 0 Å². The van der Waals surface area contributed by atoms with E-state index >= 15 is 0 Å². The first kappa shape index (κ1) is 12.2. The van der Waals surface area contributed by atoms with Gasteiger partial charge in [0.05, 0.1) is 0 Å². The minimum atomic E-state index is 0.845. The zero-order chi connectivity index (χ0) is 11.1. The van der Waals surface area contributed by atoms with Crippen LogP contribution in [-0.4, -0.2) is 32.2 Å². The van der Waals surface area contributed by atoms with Gasteiger partial charge in [-0.1, -0.05) is 29.8 Å². The minimum absolute atomic E-state index is 0.845. The molecule has 0 radical (unpaired) electrons.